The molecule has 0 bridgehead atoms. The zero-order valence-corrected chi connectivity index (χ0v) is 10.4. The Hall–Kier alpha value is -0.610. The predicted octanol–water partition coefficient (Wildman–Crippen LogP) is 1.06. The molecule has 1 amide bonds. The number of rotatable bonds is 9. The minimum absolute atomic E-state index is 0.00259. The molecule has 96 valence electrons. The highest BCUT2D eigenvalue weighted by Crippen LogP contribution is 2.14. The van der Waals surface area contributed by atoms with Crippen molar-refractivity contribution in [2.45, 2.75) is 52.1 Å². The first kappa shape index (κ1) is 15.4. The molecule has 1 unspecified atom stereocenters. The Bertz CT molecular complexity index is 185. The van der Waals surface area contributed by atoms with E-state index in [0.29, 0.717) is 0 Å². The monoisotopic (exact) mass is 231 g/mol. The lowest BCUT2D eigenvalue weighted by atomic mass is 9.96. The first-order chi connectivity index (χ1) is 7.65. The van der Waals surface area contributed by atoms with Crippen LogP contribution in [-0.4, -0.2) is 35.4 Å². The summed E-state index contributed by atoms with van der Waals surface area (Å²) in [5.74, 6) is 0.0543. The predicted molar refractivity (Wildman–Crippen MR) is 64.0 cm³/mol. The van der Waals surface area contributed by atoms with Gasteiger partial charge < -0.3 is 15.5 Å². The van der Waals surface area contributed by atoms with Crippen molar-refractivity contribution in [1.29, 1.82) is 0 Å². The van der Waals surface area contributed by atoms with Gasteiger partial charge in [-0.25, -0.2) is 0 Å². The highest BCUT2D eigenvalue weighted by atomic mass is 16.3. The minimum atomic E-state index is -0.850. The second kappa shape index (κ2) is 9.60. The molecule has 0 spiro atoms. The molecule has 4 nitrogen and oxygen atoms in total. The number of aliphatic hydroxyl groups is 2. The third kappa shape index (κ3) is 6.80. The lowest BCUT2D eigenvalue weighted by Gasteiger charge is -2.16. The number of carbonyl (C=O) groups is 1. The topological polar surface area (TPSA) is 69.6 Å². The second-order valence-corrected chi connectivity index (χ2v) is 4.21. The molecule has 0 aromatic heterocycles. The third-order valence-electron chi connectivity index (χ3n) is 2.64. The number of carbonyl (C=O) groups excluding carboxylic acids is 1. The summed E-state index contributed by atoms with van der Waals surface area (Å²) in [6.45, 7) is 4.00. The average Bonchev–Trinajstić information content (AvgIpc) is 2.30. The largest absolute Gasteiger partial charge is 0.394 e. The van der Waals surface area contributed by atoms with Gasteiger partial charge in [-0.3, -0.25) is 4.79 Å². The number of aliphatic hydroxyl groups excluding tert-OH is 2. The molecule has 0 radical (unpaired) electrons. The smallest absolute Gasteiger partial charge is 0.223 e. The molecule has 0 saturated carbocycles. The standard InChI is InChI=1S/C12H25NO3/c1-3-5-7-10(6-4-2)12(16)13-8-11(15)9-14/h10-11,14-15H,3-9H2,1-2H3,(H,13,16)/t10?,11-/m1/s1. The summed E-state index contributed by atoms with van der Waals surface area (Å²) in [6, 6.07) is 0. The van der Waals surface area contributed by atoms with Gasteiger partial charge in [0.05, 0.1) is 12.7 Å². The van der Waals surface area contributed by atoms with Gasteiger partial charge >= 0.3 is 0 Å². The molecule has 0 aromatic carbocycles. The molecule has 16 heavy (non-hydrogen) atoms. The van der Waals surface area contributed by atoms with Crippen molar-refractivity contribution in [2.75, 3.05) is 13.2 Å². The van der Waals surface area contributed by atoms with E-state index in [1.807, 2.05) is 0 Å². The van der Waals surface area contributed by atoms with Crippen LogP contribution in [0.4, 0.5) is 0 Å². The lowest BCUT2D eigenvalue weighted by Crippen LogP contribution is -2.37. The summed E-state index contributed by atoms with van der Waals surface area (Å²) < 4.78 is 0. The van der Waals surface area contributed by atoms with E-state index in [9.17, 15) is 4.79 Å². The number of nitrogens with one attached hydrogen (secondary N) is 1. The number of amides is 1. The quantitative estimate of drug-likeness (QED) is 0.556. The molecular formula is C12H25NO3. The van der Waals surface area contributed by atoms with Crippen molar-refractivity contribution in [3.05, 3.63) is 0 Å². The fourth-order valence-electron chi connectivity index (χ4n) is 1.63. The van der Waals surface area contributed by atoms with Gasteiger partial charge in [-0.2, -0.15) is 0 Å². The molecule has 0 aromatic rings. The van der Waals surface area contributed by atoms with Crippen molar-refractivity contribution in [3.63, 3.8) is 0 Å². The summed E-state index contributed by atoms with van der Waals surface area (Å²) in [7, 11) is 0. The summed E-state index contributed by atoms with van der Waals surface area (Å²) in [4.78, 5) is 11.8. The maximum Gasteiger partial charge on any atom is 0.223 e. The highest BCUT2D eigenvalue weighted by Gasteiger charge is 2.17. The Morgan fingerprint density at radius 3 is 2.44 bits per heavy atom. The second-order valence-electron chi connectivity index (χ2n) is 4.21. The Labute approximate surface area is 98.1 Å². The molecule has 2 atom stereocenters. The van der Waals surface area contributed by atoms with Crippen LogP contribution in [0.2, 0.25) is 0 Å². The number of hydrogen-bond acceptors (Lipinski definition) is 3. The van der Waals surface area contributed by atoms with Crippen LogP contribution >= 0.6 is 0 Å². The summed E-state index contributed by atoms with van der Waals surface area (Å²) >= 11 is 0. The number of unbranched alkanes of at least 4 members (excludes halogenated alkanes) is 1. The van der Waals surface area contributed by atoms with Crippen LogP contribution in [0.25, 0.3) is 0 Å². The van der Waals surface area contributed by atoms with Crippen molar-refractivity contribution in [1.82, 2.24) is 5.32 Å². The fourth-order valence-corrected chi connectivity index (χ4v) is 1.63. The minimum Gasteiger partial charge on any atom is -0.394 e. The third-order valence-corrected chi connectivity index (χ3v) is 2.64. The van der Waals surface area contributed by atoms with Crippen LogP contribution in [0.3, 0.4) is 0 Å². The van der Waals surface area contributed by atoms with Crippen LogP contribution in [-0.2, 0) is 4.79 Å². The van der Waals surface area contributed by atoms with Gasteiger partial charge in [-0.15, -0.1) is 0 Å². The Balaban J connectivity index is 3.95. The highest BCUT2D eigenvalue weighted by molar-refractivity contribution is 5.78. The average molecular weight is 231 g/mol. The van der Waals surface area contributed by atoms with Gasteiger partial charge in [0, 0.05) is 12.5 Å². The van der Waals surface area contributed by atoms with Crippen LogP contribution in [0, 0.1) is 5.92 Å². The van der Waals surface area contributed by atoms with E-state index in [0.717, 1.165) is 32.1 Å². The Kier molecular flexibility index (Phi) is 9.24. The van der Waals surface area contributed by atoms with Gasteiger partial charge in [-0.1, -0.05) is 33.1 Å². The summed E-state index contributed by atoms with van der Waals surface area (Å²) in [6.07, 6.45) is 4.09. The maximum absolute atomic E-state index is 11.8. The molecule has 0 fully saturated rings. The van der Waals surface area contributed by atoms with E-state index in [1.54, 1.807) is 0 Å². The molecule has 0 saturated heterocycles. The Morgan fingerprint density at radius 1 is 1.25 bits per heavy atom. The SMILES string of the molecule is CCCCC(CCC)C(=O)NC[C@@H](O)CO. The molecule has 3 N–H and O–H groups in total. The summed E-state index contributed by atoms with van der Waals surface area (Å²) in [5.41, 5.74) is 0. The van der Waals surface area contributed by atoms with E-state index in [-0.39, 0.29) is 25.0 Å². The van der Waals surface area contributed by atoms with E-state index in [2.05, 4.69) is 19.2 Å². The van der Waals surface area contributed by atoms with Gasteiger partial charge in [-0.05, 0) is 12.8 Å². The van der Waals surface area contributed by atoms with Gasteiger partial charge in [0.2, 0.25) is 5.91 Å². The molecule has 0 aliphatic heterocycles. The first-order valence-electron chi connectivity index (χ1n) is 6.22. The van der Waals surface area contributed by atoms with Gasteiger partial charge in [0.25, 0.3) is 0 Å². The maximum atomic E-state index is 11.8. The van der Waals surface area contributed by atoms with Crippen molar-refractivity contribution < 1.29 is 15.0 Å². The van der Waals surface area contributed by atoms with Crippen LogP contribution in [0.5, 0.6) is 0 Å². The molecule has 0 aliphatic carbocycles. The summed E-state index contributed by atoms with van der Waals surface area (Å²) in [5, 5.41) is 20.4. The van der Waals surface area contributed by atoms with E-state index >= 15 is 0 Å². The van der Waals surface area contributed by atoms with Crippen LogP contribution < -0.4 is 5.32 Å². The zero-order valence-electron chi connectivity index (χ0n) is 10.4. The van der Waals surface area contributed by atoms with E-state index in [4.69, 9.17) is 10.2 Å². The normalized spacial score (nSPS) is 14.5. The van der Waals surface area contributed by atoms with Crippen molar-refractivity contribution >= 4 is 5.91 Å². The molecule has 0 aliphatic rings. The fraction of sp³-hybridized carbons (Fsp3) is 0.917. The lowest BCUT2D eigenvalue weighted by molar-refractivity contribution is -0.126. The van der Waals surface area contributed by atoms with E-state index in [1.165, 1.54) is 0 Å². The molecule has 0 rings (SSSR count). The van der Waals surface area contributed by atoms with Crippen LogP contribution in [0.15, 0.2) is 0 Å². The van der Waals surface area contributed by atoms with Gasteiger partial charge in [0.15, 0.2) is 0 Å². The molecule has 4 heteroatoms. The number of hydrogen-bond donors (Lipinski definition) is 3. The van der Waals surface area contributed by atoms with Crippen molar-refractivity contribution in [3.8, 4) is 0 Å². The van der Waals surface area contributed by atoms with Crippen LogP contribution in [0.1, 0.15) is 46.0 Å². The van der Waals surface area contributed by atoms with E-state index < -0.39 is 6.10 Å². The molecular weight excluding hydrogens is 206 g/mol. The van der Waals surface area contributed by atoms with Crippen molar-refractivity contribution in [2.24, 2.45) is 5.92 Å². The van der Waals surface area contributed by atoms with Gasteiger partial charge in [0.1, 0.15) is 0 Å². The Morgan fingerprint density at radius 2 is 1.94 bits per heavy atom. The first-order valence-corrected chi connectivity index (χ1v) is 6.22. The zero-order chi connectivity index (χ0) is 12.4. The molecule has 0 heterocycles.